The van der Waals surface area contributed by atoms with Crippen LogP contribution in [0.2, 0.25) is 0 Å². The number of likely N-dealkylation sites (tertiary alicyclic amines) is 1. The SMILES string of the molecule is COC(C)(C)C[C@H](C)NC(=O)N1CCC[C@H]1c1c(C)n[nH]c1C. The molecule has 0 aromatic carbocycles. The topological polar surface area (TPSA) is 70.2 Å². The van der Waals surface area contributed by atoms with Crippen LogP contribution in [-0.2, 0) is 4.74 Å². The van der Waals surface area contributed by atoms with E-state index in [0.29, 0.717) is 0 Å². The number of urea groups is 1. The number of nitrogens with one attached hydrogen (secondary N) is 2. The zero-order valence-corrected chi connectivity index (χ0v) is 15.2. The molecule has 6 heteroatoms. The molecule has 1 aromatic heterocycles. The Bertz CT molecular complexity index is 533. The number of rotatable bonds is 5. The van der Waals surface area contributed by atoms with Gasteiger partial charge in [0.1, 0.15) is 0 Å². The molecule has 2 amide bonds. The highest BCUT2D eigenvalue weighted by Gasteiger charge is 2.33. The fourth-order valence-corrected chi connectivity index (χ4v) is 3.53. The lowest BCUT2D eigenvalue weighted by molar-refractivity contribution is 0.00910. The molecule has 2 heterocycles. The summed E-state index contributed by atoms with van der Waals surface area (Å²) < 4.78 is 5.45. The summed E-state index contributed by atoms with van der Waals surface area (Å²) in [4.78, 5) is 14.6. The zero-order chi connectivity index (χ0) is 17.2. The number of hydrogen-bond acceptors (Lipinski definition) is 3. The number of aryl methyl sites for hydroxylation is 2. The van der Waals surface area contributed by atoms with Crippen molar-refractivity contribution in [3.63, 3.8) is 0 Å². The summed E-state index contributed by atoms with van der Waals surface area (Å²) in [6.07, 6.45) is 2.80. The van der Waals surface area contributed by atoms with Gasteiger partial charge in [0.25, 0.3) is 0 Å². The summed E-state index contributed by atoms with van der Waals surface area (Å²) in [5.74, 6) is 0. The Morgan fingerprint density at radius 3 is 2.78 bits per heavy atom. The second-order valence-corrected chi connectivity index (χ2v) is 7.22. The summed E-state index contributed by atoms with van der Waals surface area (Å²) >= 11 is 0. The van der Waals surface area contributed by atoms with Crippen LogP contribution in [0.5, 0.6) is 0 Å². The number of aromatic nitrogens is 2. The molecular formula is C17H30N4O2. The van der Waals surface area contributed by atoms with Crippen LogP contribution in [0.4, 0.5) is 4.79 Å². The average molecular weight is 322 g/mol. The van der Waals surface area contributed by atoms with Gasteiger partial charge < -0.3 is 15.0 Å². The molecule has 0 bridgehead atoms. The lowest BCUT2D eigenvalue weighted by Gasteiger charge is -2.30. The molecule has 130 valence electrons. The molecule has 0 aliphatic carbocycles. The average Bonchev–Trinajstić information content (AvgIpc) is 3.05. The largest absolute Gasteiger partial charge is 0.379 e. The maximum absolute atomic E-state index is 12.7. The first-order chi connectivity index (χ1) is 10.7. The molecule has 0 unspecified atom stereocenters. The van der Waals surface area contributed by atoms with Gasteiger partial charge in [-0.1, -0.05) is 0 Å². The fourth-order valence-electron chi connectivity index (χ4n) is 3.53. The molecule has 6 nitrogen and oxygen atoms in total. The minimum Gasteiger partial charge on any atom is -0.379 e. The number of aromatic amines is 1. The Morgan fingerprint density at radius 2 is 2.22 bits per heavy atom. The third-order valence-corrected chi connectivity index (χ3v) is 4.75. The van der Waals surface area contributed by atoms with E-state index in [1.807, 2.05) is 39.5 Å². The van der Waals surface area contributed by atoms with Crippen molar-refractivity contribution >= 4 is 6.03 Å². The lowest BCUT2D eigenvalue weighted by Crippen LogP contribution is -2.46. The van der Waals surface area contributed by atoms with Gasteiger partial charge in [0.05, 0.1) is 17.3 Å². The normalized spacial score (nSPS) is 19.9. The van der Waals surface area contributed by atoms with Crippen molar-refractivity contribution in [3.05, 3.63) is 17.0 Å². The molecule has 2 rings (SSSR count). The van der Waals surface area contributed by atoms with E-state index in [1.165, 1.54) is 5.56 Å². The van der Waals surface area contributed by atoms with Crippen LogP contribution in [0.3, 0.4) is 0 Å². The summed E-state index contributed by atoms with van der Waals surface area (Å²) in [6, 6.07) is 0.188. The quantitative estimate of drug-likeness (QED) is 0.875. The van der Waals surface area contributed by atoms with E-state index in [9.17, 15) is 4.79 Å². The molecule has 1 aliphatic heterocycles. The third-order valence-electron chi connectivity index (χ3n) is 4.75. The Hall–Kier alpha value is -1.56. The van der Waals surface area contributed by atoms with E-state index in [1.54, 1.807) is 7.11 Å². The monoisotopic (exact) mass is 322 g/mol. The van der Waals surface area contributed by atoms with Gasteiger partial charge in [0, 0.05) is 31.0 Å². The van der Waals surface area contributed by atoms with Gasteiger partial charge in [0.15, 0.2) is 0 Å². The molecule has 23 heavy (non-hydrogen) atoms. The number of H-pyrrole nitrogens is 1. The molecular weight excluding hydrogens is 292 g/mol. The molecule has 1 aromatic rings. The highest BCUT2D eigenvalue weighted by Crippen LogP contribution is 2.34. The van der Waals surface area contributed by atoms with Crippen LogP contribution in [0.25, 0.3) is 0 Å². The van der Waals surface area contributed by atoms with Crippen molar-refractivity contribution in [3.8, 4) is 0 Å². The molecule has 1 saturated heterocycles. The van der Waals surface area contributed by atoms with Crippen molar-refractivity contribution in [2.45, 2.75) is 71.6 Å². The number of hydrogen-bond donors (Lipinski definition) is 2. The first-order valence-corrected chi connectivity index (χ1v) is 8.39. The first-order valence-electron chi connectivity index (χ1n) is 8.39. The summed E-state index contributed by atoms with van der Waals surface area (Å²) in [5.41, 5.74) is 2.97. The number of carbonyl (C=O) groups excluding carboxylic acids is 1. The van der Waals surface area contributed by atoms with Gasteiger partial charge in [-0.25, -0.2) is 4.79 Å². The maximum Gasteiger partial charge on any atom is 0.318 e. The predicted molar refractivity (Wildman–Crippen MR) is 90.4 cm³/mol. The second-order valence-electron chi connectivity index (χ2n) is 7.22. The van der Waals surface area contributed by atoms with Crippen LogP contribution < -0.4 is 5.32 Å². The summed E-state index contributed by atoms with van der Waals surface area (Å²) in [6.45, 7) is 10.9. The van der Waals surface area contributed by atoms with Gasteiger partial charge in [0.2, 0.25) is 0 Å². The van der Waals surface area contributed by atoms with Crippen LogP contribution in [0.15, 0.2) is 0 Å². The summed E-state index contributed by atoms with van der Waals surface area (Å²) in [5, 5.41) is 10.4. The van der Waals surface area contributed by atoms with E-state index in [0.717, 1.165) is 37.2 Å². The van der Waals surface area contributed by atoms with Gasteiger partial charge >= 0.3 is 6.03 Å². The Morgan fingerprint density at radius 1 is 1.52 bits per heavy atom. The van der Waals surface area contributed by atoms with Crippen molar-refractivity contribution in [1.29, 1.82) is 0 Å². The Labute approximate surface area is 139 Å². The van der Waals surface area contributed by atoms with Crippen LogP contribution in [0.1, 0.15) is 63.0 Å². The standard InChI is InChI=1S/C17H30N4O2/c1-11(10-17(4,5)23-6)18-16(22)21-9-7-8-14(21)15-12(2)19-20-13(15)3/h11,14H,7-10H2,1-6H3,(H,18,22)(H,19,20)/t11-,14-/m0/s1. The Kier molecular flexibility index (Phi) is 5.34. The fraction of sp³-hybridized carbons (Fsp3) is 0.765. The molecule has 0 spiro atoms. The molecule has 0 radical (unpaired) electrons. The van der Waals surface area contributed by atoms with Crippen molar-refractivity contribution < 1.29 is 9.53 Å². The highest BCUT2D eigenvalue weighted by molar-refractivity contribution is 5.75. The van der Waals surface area contributed by atoms with Crippen molar-refractivity contribution in [1.82, 2.24) is 20.4 Å². The molecule has 2 atom stereocenters. The zero-order valence-electron chi connectivity index (χ0n) is 15.2. The number of ether oxygens (including phenoxy) is 1. The van der Waals surface area contributed by atoms with E-state index in [2.05, 4.69) is 15.5 Å². The van der Waals surface area contributed by atoms with E-state index < -0.39 is 0 Å². The minimum absolute atomic E-state index is 0.00639. The number of amides is 2. The van der Waals surface area contributed by atoms with Gasteiger partial charge in [-0.05, 0) is 53.9 Å². The van der Waals surface area contributed by atoms with Crippen LogP contribution in [-0.4, -0.2) is 46.4 Å². The van der Waals surface area contributed by atoms with E-state index in [4.69, 9.17) is 4.74 Å². The van der Waals surface area contributed by atoms with E-state index >= 15 is 0 Å². The predicted octanol–water partition coefficient (Wildman–Crippen LogP) is 3.08. The molecule has 2 N–H and O–H groups in total. The lowest BCUT2D eigenvalue weighted by atomic mass is 10.00. The molecule has 1 fully saturated rings. The van der Waals surface area contributed by atoms with Gasteiger partial charge in [-0.15, -0.1) is 0 Å². The van der Waals surface area contributed by atoms with Gasteiger partial charge in [-0.3, -0.25) is 5.10 Å². The van der Waals surface area contributed by atoms with Crippen molar-refractivity contribution in [2.24, 2.45) is 0 Å². The molecule has 0 saturated carbocycles. The van der Waals surface area contributed by atoms with E-state index in [-0.39, 0.29) is 23.7 Å². The first kappa shape index (κ1) is 17.8. The van der Waals surface area contributed by atoms with Crippen LogP contribution >= 0.6 is 0 Å². The summed E-state index contributed by atoms with van der Waals surface area (Å²) in [7, 11) is 1.70. The highest BCUT2D eigenvalue weighted by atomic mass is 16.5. The number of carbonyl (C=O) groups is 1. The second kappa shape index (κ2) is 6.91. The van der Waals surface area contributed by atoms with Gasteiger partial charge in [-0.2, -0.15) is 5.10 Å². The smallest absolute Gasteiger partial charge is 0.318 e. The third kappa shape index (κ3) is 4.05. The number of methoxy groups -OCH3 is 1. The Balaban J connectivity index is 2.04. The number of nitrogens with zero attached hydrogens (tertiary/aromatic N) is 2. The van der Waals surface area contributed by atoms with Crippen LogP contribution in [0, 0.1) is 13.8 Å². The molecule has 1 aliphatic rings. The van der Waals surface area contributed by atoms with Crippen molar-refractivity contribution in [2.75, 3.05) is 13.7 Å². The maximum atomic E-state index is 12.7. The minimum atomic E-state index is -0.241.